The van der Waals surface area contributed by atoms with E-state index >= 15 is 0 Å². The summed E-state index contributed by atoms with van der Waals surface area (Å²) in [5.41, 5.74) is 2.16. The zero-order valence-corrected chi connectivity index (χ0v) is 11.6. The fourth-order valence-corrected chi connectivity index (χ4v) is 2.01. The number of hydrogen-bond acceptors (Lipinski definition) is 2. The van der Waals surface area contributed by atoms with Gasteiger partial charge in [-0.2, -0.15) is 0 Å². The first-order chi connectivity index (χ1) is 8.93. The molecule has 1 amide bonds. The molecular formula is C15H19N3O. The number of aromatic nitrogens is 2. The van der Waals surface area contributed by atoms with E-state index in [9.17, 15) is 4.79 Å². The molecule has 1 heterocycles. The van der Waals surface area contributed by atoms with Gasteiger partial charge < -0.3 is 9.88 Å². The lowest BCUT2D eigenvalue weighted by molar-refractivity contribution is 0.0617. The highest BCUT2D eigenvalue weighted by atomic mass is 16.2. The molecule has 0 unspecified atom stereocenters. The van der Waals surface area contributed by atoms with Gasteiger partial charge in [0, 0.05) is 17.6 Å². The number of carbonyl (C=O) groups excluding carboxylic acids is 1. The number of aromatic amines is 1. The van der Waals surface area contributed by atoms with Crippen LogP contribution in [0.5, 0.6) is 0 Å². The van der Waals surface area contributed by atoms with Crippen LogP contribution in [0.25, 0.3) is 11.0 Å². The molecule has 0 aliphatic heterocycles. The Kier molecular flexibility index (Phi) is 3.42. The summed E-state index contributed by atoms with van der Waals surface area (Å²) >= 11 is 0. The Labute approximate surface area is 113 Å². The summed E-state index contributed by atoms with van der Waals surface area (Å²) in [5, 5.41) is 0. The lowest BCUT2D eigenvalue weighted by Crippen LogP contribution is -2.45. The Morgan fingerprint density at radius 3 is 2.84 bits per heavy atom. The van der Waals surface area contributed by atoms with E-state index in [1.165, 1.54) is 0 Å². The zero-order chi connectivity index (χ0) is 14.0. The van der Waals surface area contributed by atoms with E-state index < -0.39 is 0 Å². The molecular weight excluding hydrogens is 238 g/mol. The minimum Gasteiger partial charge on any atom is -0.345 e. The Hall–Kier alpha value is -2.10. The Bertz CT molecular complexity index is 607. The van der Waals surface area contributed by atoms with E-state index in [0.717, 1.165) is 11.0 Å². The van der Waals surface area contributed by atoms with Gasteiger partial charge in [-0.3, -0.25) is 4.79 Å². The molecule has 4 nitrogen and oxygen atoms in total. The number of hydrogen-bond donors (Lipinski definition) is 1. The van der Waals surface area contributed by atoms with E-state index in [1.807, 2.05) is 39.0 Å². The molecule has 0 radical (unpaired) electrons. The van der Waals surface area contributed by atoms with Crippen molar-refractivity contribution in [1.29, 1.82) is 0 Å². The molecule has 0 saturated carbocycles. The molecule has 100 valence electrons. The summed E-state index contributed by atoms with van der Waals surface area (Å²) in [6, 6.07) is 5.51. The molecule has 0 spiro atoms. The van der Waals surface area contributed by atoms with Crippen LogP contribution in [0.3, 0.4) is 0 Å². The number of carbonyl (C=O) groups is 1. The number of fused-ring (bicyclic) bond motifs is 1. The number of rotatable bonds is 3. The summed E-state index contributed by atoms with van der Waals surface area (Å²) in [6.45, 7) is 10.3. The van der Waals surface area contributed by atoms with Crippen molar-refractivity contribution in [3.63, 3.8) is 0 Å². The second-order valence-electron chi connectivity index (χ2n) is 5.51. The van der Waals surface area contributed by atoms with Crippen molar-refractivity contribution in [3.8, 4) is 0 Å². The maximum Gasteiger partial charge on any atom is 0.254 e. The van der Waals surface area contributed by atoms with Crippen LogP contribution < -0.4 is 0 Å². The third-order valence-electron chi connectivity index (χ3n) is 3.03. The van der Waals surface area contributed by atoms with Crippen LogP contribution in [0.1, 0.15) is 31.1 Å². The molecule has 1 N–H and O–H groups in total. The summed E-state index contributed by atoms with van der Waals surface area (Å²) in [5.74, 6) is 0.00361. The predicted molar refractivity (Wildman–Crippen MR) is 77.1 cm³/mol. The van der Waals surface area contributed by atoms with Crippen LogP contribution in [-0.4, -0.2) is 32.9 Å². The van der Waals surface area contributed by atoms with Gasteiger partial charge >= 0.3 is 0 Å². The summed E-state index contributed by atoms with van der Waals surface area (Å²) in [6.07, 6.45) is 3.38. The molecule has 2 rings (SSSR count). The Morgan fingerprint density at radius 2 is 2.21 bits per heavy atom. The number of H-pyrrole nitrogens is 1. The molecule has 0 atom stereocenters. The van der Waals surface area contributed by atoms with Gasteiger partial charge in [0.25, 0.3) is 5.91 Å². The molecule has 0 saturated heterocycles. The highest BCUT2D eigenvalue weighted by Crippen LogP contribution is 2.19. The fourth-order valence-electron chi connectivity index (χ4n) is 2.01. The largest absolute Gasteiger partial charge is 0.345 e. The number of benzene rings is 1. The van der Waals surface area contributed by atoms with Gasteiger partial charge in [0.2, 0.25) is 0 Å². The van der Waals surface area contributed by atoms with Gasteiger partial charge in [0.15, 0.2) is 0 Å². The normalized spacial score (nSPS) is 11.5. The van der Waals surface area contributed by atoms with Crippen molar-refractivity contribution < 1.29 is 4.79 Å². The van der Waals surface area contributed by atoms with Crippen molar-refractivity contribution >= 4 is 16.9 Å². The molecule has 19 heavy (non-hydrogen) atoms. The monoisotopic (exact) mass is 257 g/mol. The van der Waals surface area contributed by atoms with Crippen molar-refractivity contribution in [2.75, 3.05) is 6.54 Å². The van der Waals surface area contributed by atoms with E-state index in [0.29, 0.717) is 12.1 Å². The first kappa shape index (κ1) is 13.3. The molecule has 4 heteroatoms. The summed E-state index contributed by atoms with van der Waals surface area (Å²) in [7, 11) is 0. The van der Waals surface area contributed by atoms with Gasteiger partial charge in [0.05, 0.1) is 17.4 Å². The van der Waals surface area contributed by atoms with Crippen molar-refractivity contribution in [2.45, 2.75) is 26.3 Å². The third kappa shape index (κ3) is 2.67. The number of imidazole rings is 1. The van der Waals surface area contributed by atoms with Gasteiger partial charge in [-0.1, -0.05) is 6.08 Å². The topological polar surface area (TPSA) is 49.0 Å². The smallest absolute Gasteiger partial charge is 0.254 e. The van der Waals surface area contributed by atoms with Crippen LogP contribution in [0.2, 0.25) is 0 Å². The average Bonchev–Trinajstić information content (AvgIpc) is 2.80. The Balaban J connectivity index is 2.37. The second-order valence-corrected chi connectivity index (χ2v) is 5.51. The van der Waals surface area contributed by atoms with Crippen LogP contribution >= 0.6 is 0 Å². The SMILES string of the molecule is C=CCN(C(=O)c1ccc2nc[nH]c2c1)C(C)(C)C. The number of amides is 1. The molecule has 2 aromatic rings. The third-order valence-corrected chi connectivity index (χ3v) is 3.03. The first-order valence-electron chi connectivity index (χ1n) is 6.29. The lowest BCUT2D eigenvalue weighted by atomic mass is 10.0. The van der Waals surface area contributed by atoms with Crippen molar-refractivity contribution in [1.82, 2.24) is 14.9 Å². The van der Waals surface area contributed by atoms with Gasteiger partial charge in [-0.05, 0) is 39.0 Å². The lowest BCUT2D eigenvalue weighted by Gasteiger charge is -2.35. The molecule has 0 bridgehead atoms. The second kappa shape index (κ2) is 4.88. The maximum absolute atomic E-state index is 12.6. The van der Waals surface area contributed by atoms with E-state index in [4.69, 9.17) is 0 Å². The minimum absolute atomic E-state index is 0.00361. The maximum atomic E-state index is 12.6. The predicted octanol–water partition coefficient (Wildman–Crippen LogP) is 2.99. The molecule has 0 aliphatic rings. The Morgan fingerprint density at radius 1 is 1.47 bits per heavy atom. The highest BCUT2D eigenvalue weighted by Gasteiger charge is 2.26. The standard InChI is InChI=1S/C15H19N3O/c1-5-8-18(15(2,3)4)14(19)11-6-7-12-13(9-11)17-10-16-12/h5-7,9-10H,1,8H2,2-4H3,(H,16,17). The van der Waals surface area contributed by atoms with Gasteiger partial charge in [-0.15, -0.1) is 6.58 Å². The van der Waals surface area contributed by atoms with E-state index in [2.05, 4.69) is 16.5 Å². The number of nitrogens with one attached hydrogen (secondary N) is 1. The van der Waals surface area contributed by atoms with Crippen LogP contribution in [0, 0.1) is 0 Å². The first-order valence-corrected chi connectivity index (χ1v) is 6.29. The van der Waals surface area contributed by atoms with Gasteiger partial charge in [-0.25, -0.2) is 4.98 Å². The van der Waals surface area contributed by atoms with Crippen molar-refractivity contribution in [3.05, 3.63) is 42.7 Å². The highest BCUT2D eigenvalue weighted by molar-refractivity contribution is 5.97. The molecule has 0 aliphatic carbocycles. The quantitative estimate of drug-likeness (QED) is 0.859. The molecule has 1 aromatic heterocycles. The average molecular weight is 257 g/mol. The van der Waals surface area contributed by atoms with Crippen LogP contribution in [0.4, 0.5) is 0 Å². The summed E-state index contributed by atoms with van der Waals surface area (Å²) < 4.78 is 0. The van der Waals surface area contributed by atoms with E-state index in [1.54, 1.807) is 17.3 Å². The van der Waals surface area contributed by atoms with Crippen molar-refractivity contribution in [2.24, 2.45) is 0 Å². The molecule has 1 aromatic carbocycles. The molecule has 0 fully saturated rings. The van der Waals surface area contributed by atoms with E-state index in [-0.39, 0.29) is 11.4 Å². The number of nitrogens with zero attached hydrogens (tertiary/aromatic N) is 2. The van der Waals surface area contributed by atoms with Crippen LogP contribution in [-0.2, 0) is 0 Å². The van der Waals surface area contributed by atoms with Crippen LogP contribution in [0.15, 0.2) is 37.2 Å². The summed E-state index contributed by atoms with van der Waals surface area (Å²) in [4.78, 5) is 21.6. The fraction of sp³-hybridized carbons (Fsp3) is 0.333. The van der Waals surface area contributed by atoms with Gasteiger partial charge in [0.1, 0.15) is 0 Å². The zero-order valence-electron chi connectivity index (χ0n) is 11.6. The minimum atomic E-state index is -0.242.